The van der Waals surface area contributed by atoms with Crippen LogP contribution in [0.15, 0.2) is 18.3 Å². The quantitative estimate of drug-likeness (QED) is 0.668. The van der Waals surface area contributed by atoms with Crippen molar-refractivity contribution >= 4 is 11.8 Å². The Balaban J connectivity index is 2.04. The first-order chi connectivity index (χ1) is 5.47. The number of hydrogen-bond donors (Lipinski definition) is 2. The first-order valence-corrected chi connectivity index (χ1v) is 4.97. The topological polar surface area (TPSA) is 27.8 Å². The molecule has 2 N–H and O–H groups in total. The molecule has 0 spiro atoms. The van der Waals surface area contributed by atoms with Crippen molar-refractivity contribution in [2.24, 2.45) is 0 Å². The molecular weight excluding hydrogens is 156 g/mol. The van der Waals surface area contributed by atoms with Crippen LogP contribution in [0.2, 0.25) is 0 Å². The van der Waals surface area contributed by atoms with Gasteiger partial charge in [0.1, 0.15) is 0 Å². The van der Waals surface area contributed by atoms with Gasteiger partial charge in [0.15, 0.2) is 0 Å². The van der Waals surface area contributed by atoms with Gasteiger partial charge < -0.3 is 10.3 Å². The Kier molecular flexibility index (Phi) is 2.19. The van der Waals surface area contributed by atoms with E-state index in [4.69, 9.17) is 0 Å². The third-order valence-electron chi connectivity index (χ3n) is 1.94. The zero-order chi connectivity index (χ0) is 7.52. The Morgan fingerprint density at radius 3 is 3.18 bits per heavy atom. The highest BCUT2D eigenvalue weighted by Crippen LogP contribution is 2.31. The fourth-order valence-electron chi connectivity index (χ4n) is 1.34. The standard InChI is InChI=1S/C8H12N2S/c1-2-7(10-4-1)8-3-5-9-6-11-8/h1-2,4,8-10H,3,5-6H2. The molecule has 0 radical (unpaired) electrons. The van der Waals surface area contributed by atoms with Crippen LogP contribution in [0.1, 0.15) is 17.4 Å². The van der Waals surface area contributed by atoms with E-state index < -0.39 is 0 Å². The van der Waals surface area contributed by atoms with Crippen molar-refractivity contribution in [1.29, 1.82) is 0 Å². The van der Waals surface area contributed by atoms with E-state index in [0.717, 1.165) is 12.4 Å². The van der Waals surface area contributed by atoms with Crippen LogP contribution in [-0.2, 0) is 0 Å². The van der Waals surface area contributed by atoms with Crippen LogP contribution in [0.4, 0.5) is 0 Å². The summed E-state index contributed by atoms with van der Waals surface area (Å²) >= 11 is 1.98. The second kappa shape index (κ2) is 3.32. The zero-order valence-corrected chi connectivity index (χ0v) is 7.16. The van der Waals surface area contributed by atoms with Crippen molar-refractivity contribution in [3.8, 4) is 0 Å². The highest BCUT2D eigenvalue weighted by molar-refractivity contribution is 7.99. The molecule has 1 aliphatic rings. The molecule has 0 saturated carbocycles. The minimum Gasteiger partial charge on any atom is -0.364 e. The van der Waals surface area contributed by atoms with Gasteiger partial charge >= 0.3 is 0 Å². The molecule has 0 bridgehead atoms. The highest BCUT2D eigenvalue weighted by atomic mass is 32.2. The molecular formula is C8H12N2S. The number of H-pyrrole nitrogens is 1. The average molecular weight is 168 g/mol. The molecule has 1 saturated heterocycles. The number of aromatic amines is 1. The summed E-state index contributed by atoms with van der Waals surface area (Å²) in [6, 6.07) is 4.24. The molecule has 60 valence electrons. The second-order valence-corrected chi connectivity index (χ2v) is 3.90. The van der Waals surface area contributed by atoms with E-state index in [1.807, 2.05) is 18.0 Å². The first-order valence-electron chi connectivity index (χ1n) is 3.92. The average Bonchev–Trinajstić information content (AvgIpc) is 2.58. The van der Waals surface area contributed by atoms with Crippen LogP contribution in [-0.4, -0.2) is 17.4 Å². The van der Waals surface area contributed by atoms with Gasteiger partial charge in [0.25, 0.3) is 0 Å². The lowest BCUT2D eigenvalue weighted by molar-refractivity contribution is 0.669. The van der Waals surface area contributed by atoms with Crippen molar-refractivity contribution in [2.75, 3.05) is 12.4 Å². The molecule has 1 aliphatic heterocycles. The van der Waals surface area contributed by atoms with Crippen LogP contribution in [0.3, 0.4) is 0 Å². The zero-order valence-electron chi connectivity index (χ0n) is 6.34. The number of hydrogen-bond acceptors (Lipinski definition) is 2. The lowest BCUT2D eigenvalue weighted by Gasteiger charge is -2.20. The predicted molar refractivity (Wildman–Crippen MR) is 48.6 cm³/mol. The molecule has 1 fully saturated rings. The predicted octanol–water partition coefficient (Wildman–Crippen LogP) is 1.74. The van der Waals surface area contributed by atoms with Gasteiger partial charge in [-0.25, -0.2) is 0 Å². The monoisotopic (exact) mass is 168 g/mol. The Morgan fingerprint density at radius 2 is 2.55 bits per heavy atom. The Morgan fingerprint density at radius 1 is 1.55 bits per heavy atom. The van der Waals surface area contributed by atoms with E-state index in [2.05, 4.69) is 22.4 Å². The van der Waals surface area contributed by atoms with Crippen molar-refractivity contribution in [3.05, 3.63) is 24.0 Å². The Hall–Kier alpha value is -0.410. The van der Waals surface area contributed by atoms with Gasteiger partial charge in [-0.15, -0.1) is 11.8 Å². The summed E-state index contributed by atoms with van der Waals surface area (Å²) in [5.74, 6) is 1.09. The second-order valence-electron chi connectivity index (χ2n) is 2.71. The normalized spacial score (nSPS) is 25.3. The number of rotatable bonds is 1. The maximum Gasteiger partial charge on any atom is 0.0472 e. The van der Waals surface area contributed by atoms with Crippen LogP contribution in [0.25, 0.3) is 0 Å². The fraction of sp³-hybridized carbons (Fsp3) is 0.500. The fourth-order valence-corrected chi connectivity index (χ4v) is 2.41. The maximum absolute atomic E-state index is 3.33. The SMILES string of the molecule is c1c[nH]c(C2CCNCS2)c1. The van der Waals surface area contributed by atoms with Gasteiger partial charge in [-0.1, -0.05) is 0 Å². The molecule has 3 heteroatoms. The summed E-state index contributed by atoms with van der Waals surface area (Å²) < 4.78 is 0. The third kappa shape index (κ3) is 1.60. The summed E-state index contributed by atoms with van der Waals surface area (Å²) in [5.41, 5.74) is 1.37. The lowest BCUT2D eigenvalue weighted by atomic mass is 10.2. The largest absolute Gasteiger partial charge is 0.364 e. The number of thioether (sulfide) groups is 1. The van der Waals surface area contributed by atoms with Crippen LogP contribution >= 0.6 is 11.8 Å². The Labute approximate surface area is 70.8 Å². The molecule has 2 nitrogen and oxygen atoms in total. The summed E-state index contributed by atoms with van der Waals surface area (Å²) in [6.07, 6.45) is 3.24. The van der Waals surface area contributed by atoms with Crippen LogP contribution in [0, 0.1) is 0 Å². The summed E-state index contributed by atoms with van der Waals surface area (Å²) in [4.78, 5) is 3.26. The molecule has 0 aliphatic carbocycles. The molecule has 2 rings (SSSR count). The van der Waals surface area contributed by atoms with Gasteiger partial charge in [0.2, 0.25) is 0 Å². The summed E-state index contributed by atoms with van der Waals surface area (Å²) in [6.45, 7) is 1.15. The summed E-state index contributed by atoms with van der Waals surface area (Å²) in [5, 5.41) is 4.01. The van der Waals surface area contributed by atoms with Crippen molar-refractivity contribution in [2.45, 2.75) is 11.7 Å². The molecule has 1 unspecified atom stereocenters. The molecule has 0 amide bonds. The Bertz CT molecular complexity index is 202. The van der Waals surface area contributed by atoms with Gasteiger partial charge in [0.05, 0.1) is 0 Å². The van der Waals surface area contributed by atoms with E-state index >= 15 is 0 Å². The van der Waals surface area contributed by atoms with E-state index in [0.29, 0.717) is 5.25 Å². The smallest absolute Gasteiger partial charge is 0.0472 e. The molecule has 11 heavy (non-hydrogen) atoms. The first kappa shape index (κ1) is 7.25. The summed E-state index contributed by atoms with van der Waals surface area (Å²) in [7, 11) is 0. The maximum atomic E-state index is 3.33. The number of aromatic nitrogens is 1. The minimum absolute atomic E-state index is 0.686. The molecule has 1 atom stereocenters. The van der Waals surface area contributed by atoms with Crippen molar-refractivity contribution in [3.63, 3.8) is 0 Å². The van der Waals surface area contributed by atoms with E-state index in [9.17, 15) is 0 Å². The van der Waals surface area contributed by atoms with Crippen molar-refractivity contribution in [1.82, 2.24) is 10.3 Å². The van der Waals surface area contributed by atoms with Crippen LogP contribution < -0.4 is 5.32 Å². The lowest BCUT2D eigenvalue weighted by Crippen LogP contribution is -2.22. The molecule has 1 aromatic rings. The third-order valence-corrected chi connectivity index (χ3v) is 3.20. The molecule has 0 aromatic carbocycles. The van der Waals surface area contributed by atoms with Gasteiger partial charge in [-0.05, 0) is 25.1 Å². The van der Waals surface area contributed by atoms with E-state index in [1.54, 1.807) is 0 Å². The minimum atomic E-state index is 0.686. The van der Waals surface area contributed by atoms with Gasteiger partial charge in [-0.2, -0.15) is 0 Å². The molecule has 1 aromatic heterocycles. The highest BCUT2D eigenvalue weighted by Gasteiger charge is 2.15. The van der Waals surface area contributed by atoms with E-state index in [1.165, 1.54) is 12.1 Å². The van der Waals surface area contributed by atoms with E-state index in [-0.39, 0.29) is 0 Å². The van der Waals surface area contributed by atoms with Crippen LogP contribution in [0.5, 0.6) is 0 Å². The van der Waals surface area contributed by atoms with Gasteiger partial charge in [0, 0.05) is 23.0 Å². The van der Waals surface area contributed by atoms with Gasteiger partial charge in [-0.3, -0.25) is 0 Å². The number of nitrogens with one attached hydrogen (secondary N) is 2. The van der Waals surface area contributed by atoms with Crippen molar-refractivity contribution < 1.29 is 0 Å². The molecule has 2 heterocycles.